The Labute approximate surface area is 115 Å². The van der Waals surface area contributed by atoms with Gasteiger partial charge in [0, 0.05) is 37.4 Å². The monoisotopic (exact) mass is 260 g/mol. The molecule has 4 nitrogen and oxygen atoms in total. The number of anilines is 1. The van der Waals surface area contributed by atoms with Crippen LogP contribution >= 0.6 is 0 Å². The first-order valence-electron chi connectivity index (χ1n) is 7.92. The number of aryl methyl sites for hydroxylation is 1. The van der Waals surface area contributed by atoms with Gasteiger partial charge < -0.3 is 14.8 Å². The molecule has 4 heteroatoms. The number of imidazole rings is 1. The fourth-order valence-corrected chi connectivity index (χ4v) is 3.58. The maximum Gasteiger partial charge on any atom is 0.206 e. The highest BCUT2D eigenvalue weighted by Gasteiger charge is 2.33. The Morgan fingerprint density at radius 2 is 2.05 bits per heavy atom. The Hall–Kier alpha value is -1.03. The van der Waals surface area contributed by atoms with Crippen LogP contribution in [0.3, 0.4) is 0 Å². The van der Waals surface area contributed by atoms with Gasteiger partial charge in [-0.2, -0.15) is 0 Å². The Morgan fingerprint density at radius 3 is 2.84 bits per heavy atom. The highest BCUT2D eigenvalue weighted by atomic mass is 15.3. The van der Waals surface area contributed by atoms with Crippen LogP contribution in [0.2, 0.25) is 0 Å². The smallest absolute Gasteiger partial charge is 0.206 e. The van der Waals surface area contributed by atoms with Crippen molar-refractivity contribution in [2.45, 2.75) is 63.6 Å². The molecule has 1 aliphatic carbocycles. The normalized spacial score (nSPS) is 30.7. The minimum Gasteiger partial charge on any atom is -0.341 e. The van der Waals surface area contributed by atoms with E-state index >= 15 is 0 Å². The summed E-state index contributed by atoms with van der Waals surface area (Å²) in [5, 5.41) is 3.76. The lowest BCUT2D eigenvalue weighted by Crippen LogP contribution is -2.36. The predicted octanol–water partition coefficient (Wildman–Crippen LogP) is 2.11. The van der Waals surface area contributed by atoms with Crippen LogP contribution in [-0.4, -0.2) is 34.7 Å². The number of hydrogen-bond donors (Lipinski definition) is 1. The van der Waals surface area contributed by atoms with Crippen molar-refractivity contribution in [3.05, 3.63) is 11.9 Å². The van der Waals surface area contributed by atoms with Gasteiger partial charge in [0.15, 0.2) is 0 Å². The molecular formula is C15H24N4. The van der Waals surface area contributed by atoms with Gasteiger partial charge in [-0.05, 0) is 38.5 Å². The van der Waals surface area contributed by atoms with Crippen LogP contribution in [-0.2, 0) is 6.42 Å². The second-order valence-corrected chi connectivity index (χ2v) is 6.40. The first kappa shape index (κ1) is 11.8. The summed E-state index contributed by atoms with van der Waals surface area (Å²) < 4.78 is 2.46. The van der Waals surface area contributed by atoms with Crippen LogP contribution in [0, 0.1) is 0 Å². The molecule has 0 spiro atoms. The summed E-state index contributed by atoms with van der Waals surface area (Å²) in [5.74, 6) is 1.24. The van der Waals surface area contributed by atoms with Gasteiger partial charge in [0.05, 0.1) is 5.69 Å². The lowest BCUT2D eigenvalue weighted by molar-refractivity contribution is 0.563. The van der Waals surface area contributed by atoms with Crippen molar-refractivity contribution in [1.29, 1.82) is 0 Å². The molecular weight excluding hydrogens is 236 g/mol. The first-order valence-corrected chi connectivity index (χ1v) is 7.92. The maximum atomic E-state index is 4.90. The average Bonchev–Trinajstić information content (AvgIpc) is 3.06. The molecule has 19 heavy (non-hydrogen) atoms. The lowest BCUT2D eigenvalue weighted by Gasteiger charge is -2.26. The van der Waals surface area contributed by atoms with Crippen molar-refractivity contribution in [3.8, 4) is 0 Å². The van der Waals surface area contributed by atoms with Gasteiger partial charge in [0.1, 0.15) is 0 Å². The van der Waals surface area contributed by atoms with Crippen molar-refractivity contribution in [3.63, 3.8) is 0 Å². The third kappa shape index (κ3) is 2.16. The molecule has 2 atom stereocenters. The van der Waals surface area contributed by atoms with E-state index in [0.29, 0.717) is 6.04 Å². The van der Waals surface area contributed by atoms with Gasteiger partial charge in [-0.3, -0.25) is 0 Å². The first-order chi connectivity index (χ1) is 9.33. The Morgan fingerprint density at radius 1 is 1.21 bits per heavy atom. The summed E-state index contributed by atoms with van der Waals surface area (Å²) in [6.45, 7) is 4.51. The van der Waals surface area contributed by atoms with Gasteiger partial charge in [-0.15, -0.1) is 0 Å². The third-order valence-corrected chi connectivity index (χ3v) is 4.87. The van der Waals surface area contributed by atoms with E-state index in [1.54, 1.807) is 0 Å². The van der Waals surface area contributed by atoms with Crippen molar-refractivity contribution in [2.24, 2.45) is 0 Å². The predicted molar refractivity (Wildman–Crippen MR) is 76.7 cm³/mol. The summed E-state index contributed by atoms with van der Waals surface area (Å²) in [6, 6.07) is 2.17. The van der Waals surface area contributed by atoms with Gasteiger partial charge in [-0.1, -0.05) is 6.92 Å². The molecule has 3 fully saturated rings. The van der Waals surface area contributed by atoms with Gasteiger partial charge >= 0.3 is 0 Å². The molecule has 2 saturated heterocycles. The molecule has 2 unspecified atom stereocenters. The minimum atomic E-state index is 0.682. The molecule has 104 valence electrons. The molecule has 3 heterocycles. The Balaban J connectivity index is 1.61. The average molecular weight is 260 g/mol. The molecule has 3 aliphatic rings. The zero-order valence-electron chi connectivity index (χ0n) is 11.8. The van der Waals surface area contributed by atoms with E-state index in [-0.39, 0.29) is 0 Å². The zero-order chi connectivity index (χ0) is 12.8. The summed E-state index contributed by atoms with van der Waals surface area (Å²) in [4.78, 5) is 7.44. The van der Waals surface area contributed by atoms with Gasteiger partial charge in [-0.25, -0.2) is 4.98 Å². The number of rotatable bonds is 3. The van der Waals surface area contributed by atoms with E-state index in [1.807, 2.05) is 0 Å². The van der Waals surface area contributed by atoms with E-state index in [4.69, 9.17) is 4.98 Å². The standard InChI is InChI=1S/C15H24N4/c1-2-11-10-19(14-5-6-14)15(17-11)18-8-7-12-3-4-13(9-18)16-12/h10,12-14,16H,2-9H2,1H3. The van der Waals surface area contributed by atoms with Crippen LogP contribution in [0.15, 0.2) is 6.20 Å². The fourth-order valence-electron chi connectivity index (χ4n) is 3.58. The number of hydrogen-bond acceptors (Lipinski definition) is 3. The summed E-state index contributed by atoms with van der Waals surface area (Å²) in [7, 11) is 0. The van der Waals surface area contributed by atoms with Crippen LogP contribution in [0.25, 0.3) is 0 Å². The van der Waals surface area contributed by atoms with Crippen molar-refractivity contribution in [2.75, 3.05) is 18.0 Å². The van der Waals surface area contributed by atoms with E-state index in [2.05, 4.69) is 27.9 Å². The molecule has 0 radical (unpaired) electrons. The highest BCUT2D eigenvalue weighted by Crippen LogP contribution is 2.39. The zero-order valence-corrected chi connectivity index (χ0v) is 11.8. The van der Waals surface area contributed by atoms with E-state index in [1.165, 1.54) is 50.3 Å². The van der Waals surface area contributed by atoms with E-state index < -0.39 is 0 Å². The molecule has 2 bridgehead atoms. The lowest BCUT2D eigenvalue weighted by atomic mass is 10.1. The van der Waals surface area contributed by atoms with Crippen molar-refractivity contribution in [1.82, 2.24) is 14.9 Å². The second kappa shape index (κ2) is 4.51. The molecule has 1 N–H and O–H groups in total. The van der Waals surface area contributed by atoms with E-state index in [0.717, 1.165) is 25.0 Å². The number of fused-ring (bicyclic) bond motifs is 2. The molecule has 0 aromatic carbocycles. The van der Waals surface area contributed by atoms with E-state index in [9.17, 15) is 0 Å². The highest BCUT2D eigenvalue weighted by molar-refractivity contribution is 5.36. The molecule has 4 rings (SSSR count). The van der Waals surface area contributed by atoms with Crippen molar-refractivity contribution >= 4 is 5.95 Å². The topological polar surface area (TPSA) is 33.1 Å². The fraction of sp³-hybridized carbons (Fsp3) is 0.800. The van der Waals surface area contributed by atoms with Crippen LogP contribution in [0.1, 0.15) is 50.8 Å². The van der Waals surface area contributed by atoms with Gasteiger partial charge in [0.25, 0.3) is 0 Å². The molecule has 1 aromatic rings. The maximum absolute atomic E-state index is 4.90. The quantitative estimate of drug-likeness (QED) is 0.903. The number of nitrogens with one attached hydrogen (secondary N) is 1. The van der Waals surface area contributed by atoms with Crippen LogP contribution < -0.4 is 10.2 Å². The molecule has 1 saturated carbocycles. The molecule has 0 amide bonds. The van der Waals surface area contributed by atoms with Crippen molar-refractivity contribution < 1.29 is 0 Å². The molecule has 2 aliphatic heterocycles. The van der Waals surface area contributed by atoms with Crippen LogP contribution in [0.5, 0.6) is 0 Å². The van der Waals surface area contributed by atoms with Gasteiger partial charge in [0.2, 0.25) is 5.95 Å². The summed E-state index contributed by atoms with van der Waals surface area (Å²) in [5.41, 5.74) is 1.25. The summed E-state index contributed by atoms with van der Waals surface area (Å²) >= 11 is 0. The number of nitrogens with zero attached hydrogens (tertiary/aromatic N) is 3. The molecule has 1 aromatic heterocycles. The largest absolute Gasteiger partial charge is 0.341 e. The second-order valence-electron chi connectivity index (χ2n) is 6.40. The third-order valence-electron chi connectivity index (χ3n) is 4.87. The minimum absolute atomic E-state index is 0.682. The Bertz CT molecular complexity index is 463. The Kier molecular flexibility index (Phi) is 2.79. The number of aromatic nitrogens is 2. The van der Waals surface area contributed by atoms with Crippen LogP contribution in [0.4, 0.5) is 5.95 Å². The SMILES string of the molecule is CCc1cn(C2CC2)c(N2CCC3CCC(C2)N3)n1. The summed E-state index contributed by atoms with van der Waals surface area (Å²) in [6.07, 6.45) is 10.0.